The van der Waals surface area contributed by atoms with Gasteiger partial charge in [-0.25, -0.2) is 13.1 Å². The summed E-state index contributed by atoms with van der Waals surface area (Å²) < 4.78 is 41.7. The first-order chi connectivity index (χ1) is 18.7. The molecule has 0 aliphatic carbocycles. The van der Waals surface area contributed by atoms with Crippen molar-refractivity contribution in [1.29, 1.82) is 0 Å². The third kappa shape index (κ3) is 5.26. The lowest BCUT2D eigenvalue weighted by molar-refractivity contribution is -0.140. The van der Waals surface area contributed by atoms with Crippen molar-refractivity contribution in [2.24, 2.45) is 7.05 Å². The monoisotopic (exact) mass is 548 g/mol. The van der Waals surface area contributed by atoms with Gasteiger partial charge in [0.2, 0.25) is 10.0 Å². The lowest BCUT2D eigenvalue weighted by Crippen LogP contribution is -2.36. The van der Waals surface area contributed by atoms with E-state index >= 15 is 0 Å². The SMILES string of the molecule is CCC1CN(Cc2cc(C(CC(=O)OC)c3ccc4c(c3)nnn4C)ccc2C)S(=O)(=O)c2ccccc2O1. The van der Waals surface area contributed by atoms with Crippen LogP contribution in [0.25, 0.3) is 11.0 Å². The van der Waals surface area contributed by atoms with Crippen LogP contribution in [0.5, 0.6) is 5.75 Å². The number of nitrogens with zero attached hydrogens (tertiary/aromatic N) is 4. The summed E-state index contributed by atoms with van der Waals surface area (Å²) in [5.74, 6) is -0.262. The maximum atomic E-state index is 13.7. The summed E-state index contributed by atoms with van der Waals surface area (Å²) in [4.78, 5) is 12.6. The third-order valence-corrected chi connectivity index (χ3v) is 9.23. The lowest BCUT2D eigenvalue weighted by Gasteiger charge is -2.24. The summed E-state index contributed by atoms with van der Waals surface area (Å²) in [6.07, 6.45) is 0.537. The fraction of sp³-hybridized carbons (Fsp3) is 0.345. The molecule has 1 aliphatic rings. The minimum absolute atomic E-state index is 0.131. The molecule has 3 aromatic carbocycles. The number of methoxy groups -OCH3 is 1. The Labute approximate surface area is 228 Å². The number of rotatable bonds is 7. The normalized spacial score (nSPS) is 17.7. The number of sulfonamides is 1. The van der Waals surface area contributed by atoms with Gasteiger partial charge in [-0.2, -0.15) is 4.31 Å². The van der Waals surface area contributed by atoms with Gasteiger partial charge in [-0.15, -0.1) is 5.10 Å². The first-order valence-electron chi connectivity index (χ1n) is 12.9. The van der Waals surface area contributed by atoms with Gasteiger partial charge < -0.3 is 9.47 Å². The summed E-state index contributed by atoms with van der Waals surface area (Å²) in [5, 5.41) is 8.32. The number of hydrogen-bond donors (Lipinski definition) is 0. The highest BCUT2D eigenvalue weighted by atomic mass is 32.2. The maximum Gasteiger partial charge on any atom is 0.306 e. The molecule has 0 amide bonds. The molecule has 10 heteroatoms. The number of benzene rings is 3. The summed E-state index contributed by atoms with van der Waals surface area (Å²) in [6.45, 7) is 4.38. The van der Waals surface area contributed by atoms with Gasteiger partial charge in [-0.05, 0) is 59.9 Å². The number of aromatic nitrogens is 3. The Morgan fingerprint density at radius 1 is 1.13 bits per heavy atom. The first kappa shape index (κ1) is 26.8. The van der Waals surface area contributed by atoms with E-state index in [1.54, 1.807) is 28.9 Å². The number of ether oxygens (including phenoxy) is 2. The maximum absolute atomic E-state index is 13.7. The van der Waals surface area contributed by atoms with E-state index in [0.717, 1.165) is 33.3 Å². The molecule has 2 atom stereocenters. The molecule has 5 rings (SSSR count). The minimum atomic E-state index is -3.79. The van der Waals surface area contributed by atoms with E-state index in [4.69, 9.17) is 9.47 Å². The number of fused-ring (bicyclic) bond motifs is 2. The Kier molecular flexibility index (Phi) is 7.42. The summed E-state index contributed by atoms with van der Waals surface area (Å²) >= 11 is 0. The average Bonchev–Trinajstić information content (AvgIpc) is 3.26. The van der Waals surface area contributed by atoms with Crippen molar-refractivity contribution in [1.82, 2.24) is 19.3 Å². The zero-order chi connectivity index (χ0) is 27.7. The fourth-order valence-electron chi connectivity index (χ4n) is 5.02. The van der Waals surface area contributed by atoms with Crippen molar-refractivity contribution in [3.8, 4) is 5.75 Å². The van der Waals surface area contributed by atoms with Crippen LogP contribution in [0.15, 0.2) is 65.6 Å². The van der Waals surface area contributed by atoms with Gasteiger partial charge in [0.05, 0.1) is 25.6 Å². The van der Waals surface area contributed by atoms with Crippen LogP contribution in [0.1, 0.15) is 47.9 Å². The van der Waals surface area contributed by atoms with Crippen molar-refractivity contribution in [2.45, 2.75) is 50.2 Å². The molecular formula is C29H32N4O5S. The molecule has 39 heavy (non-hydrogen) atoms. The zero-order valence-electron chi connectivity index (χ0n) is 22.5. The van der Waals surface area contributed by atoms with E-state index in [1.807, 2.05) is 57.3 Å². The van der Waals surface area contributed by atoms with Crippen molar-refractivity contribution < 1.29 is 22.7 Å². The van der Waals surface area contributed by atoms with Crippen molar-refractivity contribution in [3.05, 3.63) is 82.9 Å². The van der Waals surface area contributed by atoms with Gasteiger partial charge in [0.25, 0.3) is 0 Å². The first-order valence-corrected chi connectivity index (χ1v) is 14.4. The van der Waals surface area contributed by atoms with E-state index in [-0.39, 0.29) is 42.4 Å². The smallest absolute Gasteiger partial charge is 0.306 e. The molecule has 0 bridgehead atoms. The fourth-order valence-corrected chi connectivity index (χ4v) is 6.60. The Balaban J connectivity index is 1.54. The average molecular weight is 549 g/mol. The van der Waals surface area contributed by atoms with Crippen LogP contribution in [-0.4, -0.2) is 53.4 Å². The zero-order valence-corrected chi connectivity index (χ0v) is 23.3. The Bertz CT molecular complexity index is 1630. The molecule has 2 unspecified atom stereocenters. The molecule has 0 fully saturated rings. The van der Waals surface area contributed by atoms with Crippen LogP contribution in [0.4, 0.5) is 0 Å². The van der Waals surface area contributed by atoms with Gasteiger partial charge in [0.15, 0.2) is 0 Å². The van der Waals surface area contributed by atoms with Crippen LogP contribution in [0.2, 0.25) is 0 Å². The van der Waals surface area contributed by atoms with E-state index in [2.05, 4.69) is 10.3 Å². The predicted molar refractivity (Wildman–Crippen MR) is 147 cm³/mol. The molecule has 0 saturated carbocycles. The number of carbonyl (C=O) groups is 1. The van der Waals surface area contributed by atoms with Gasteiger partial charge in [-0.1, -0.05) is 48.5 Å². The van der Waals surface area contributed by atoms with Crippen LogP contribution in [0.3, 0.4) is 0 Å². The van der Waals surface area contributed by atoms with Crippen molar-refractivity contribution in [2.75, 3.05) is 13.7 Å². The highest BCUT2D eigenvalue weighted by molar-refractivity contribution is 7.89. The molecule has 9 nitrogen and oxygen atoms in total. The van der Waals surface area contributed by atoms with Gasteiger partial charge in [0, 0.05) is 19.5 Å². The second-order valence-corrected chi connectivity index (χ2v) is 11.8. The molecule has 1 aromatic heterocycles. The number of carbonyl (C=O) groups excluding carboxylic acids is 1. The van der Waals surface area contributed by atoms with E-state index in [0.29, 0.717) is 12.2 Å². The second kappa shape index (κ2) is 10.8. The lowest BCUT2D eigenvalue weighted by atomic mass is 9.86. The molecule has 1 aliphatic heterocycles. The molecule has 4 aromatic rings. The molecule has 0 radical (unpaired) electrons. The van der Waals surface area contributed by atoms with Crippen LogP contribution in [0, 0.1) is 6.92 Å². The largest absolute Gasteiger partial charge is 0.488 e. The minimum Gasteiger partial charge on any atom is -0.488 e. The topological polar surface area (TPSA) is 104 Å². The summed E-state index contributed by atoms with van der Waals surface area (Å²) in [5.41, 5.74) is 5.23. The highest BCUT2D eigenvalue weighted by Crippen LogP contribution is 2.35. The third-order valence-electron chi connectivity index (χ3n) is 7.38. The van der Waals surface area contributed by atoms with Crippen LogP contribution in [-0.2, 0) is 33.1 Å². The van der Waals surface area contributed by atoms with Crippen molar-refractivity contribution in [3.63, 3.8) is 0 Å². The second-order valence-electron chi connectivity index (χ2n) is 9.87. The number of aryl methyl sites for hydroxylation is 2. The molecule has 0 spiro atoms. The summed E-state index contributed by atoms with van der Waals surface area (Å²) in [7, 11) is -0.586. The molecule has 0 saturated heterocycles. The molecular weight excluding hydrogens is 516 g/mol. The summed E-state index contributed by atoms with van der Waals surface area (Å²) in [6, 6.07) is 18.6. The van der Waals surface area contributed by atoms with Crippen molar-refractivity contribution >= 4 is 27.0 Å². The Morgan fingerprint density at radius 2 is 1.87 bits per heavy atom. The van der Waals surface area contributed by atoms with Crippen LogP contribution < -0.4 is 4.74 Å². The van der Waals surface area contributed by atoms with E-state index < -0.39 is 10.0 Å². The molecule has 204 valence electrons. The number of esters is 1. The predicted octanol–water partition coefficient (Wildman–Crippen LogP) is 4.33. The Morgan fingerprint density at radius 3 is 2.64 bits per heavy atom. The van der Waals surface area contributed by atoms with Gasteiger partial charge >= 0.3 is 5.97 Å². The Hall–Kier alpha value is -3.76. The molecule has 2 heterocycles. The quantitative estimate of drug-likeness (QED) is 0.317. The van der Waals surface area contributed by atoms with Gasteiger partial charge in [0.1, 0.15) is 22.3 Å². The van der Waals surface area contributed by atoms with Crippen LogP contribution >= 0.6 is 0 Å². The van der Waals surface area contributed by atoms with Gasteiger partial charge in [-0.3, -0.25) is 4.79 Å². The standard InChI is InChI=1S/C29H32N4O5S/c1-5-23-18-33(39(35,36)28-9-7-6-8-27(28)38-23)17-22-14-20(11-10-19(22)2)24(16-29(34)37-4)21-12-13-26-25(15-21)30-31-32(26)3/h6-15,23-24H,5,16-18H2,1-4H3. The number of para-hydroxylation sites is 1. The van der Waals surface area contributed by atoms with E-state index in [1.165, 1.54) is 11.4 Å². The highest BCUT2D eigenvalue weighted by Gasteiger charge is 2.34. The molecule has 0 N–H and O–H groups in total. The number of hydrogen-bond acceptors (Lipinski definition) is 7. The van der Waals surface area contributed by atoms with E-state index in [9.17, 15) is 13.2 Å².